The minimum atomic E-state index is -0.967. The van der Waals surface area contributed by atoms with Crippen molar-refractivity contribution >= 4 is 0 Å². The summed E-state index contributed by atoms with van der Waals surface area (Å²) in [6, 6.07) is 56.7. The van der Waals surface area contributed by atoms with Crippen LogP contribution in [0, 0.1) is 0 Å². The Kier molecular flexibility index (Phi) is 8.57. The smallest absolute Gasteiger partial charge is 0.143 e. The molecular weight excluding hydrogens is 526 g/mol. The third-order valence-electron chi connectivity index (χ3n) is 7.98. The van der Waals surface area contributed by atoms with Gasteiger partial charge in [0.25, 0.3) is 0 Å². The number of hydrogen-bond donors (Lipinski definition) is 2. The van der Waals surface area contributed by atoms with Gasteiger partial charge in [-0.3, -0.25) is 0 Å². The zero-order chi connectivity index (χ0) is 29.5. The zero-order valence-corrected chi connectivity index (χ0v) is 24.0. The van der Waals surface area contributed by atoms with Crippen LogP contribution in [0.5, 0.6) is 0 Å². The topological polar surface area (TPSA) is 55.5 Å². The van der Waals surface area contributed by atoms with Gasteiger partial charge in [-0.2, -0.15) is 0 Å². The van der Waals surface area contributed by atoms with Crippen molar-refractivity contribution in [3.63, 3.8) is 0 Å². The largest absolute Gasteiger partial charge is 0.389 e. The molecule has 0 saturated carbocycles. The number of rotatable bonds is 10. The number of hydrogen-bond acceptors (Lipinski definition) is 3. The van der Waals surface area contributed by atoms with Crippen molar-refractivity contribution < 1.29 is 9.84 Å². The molecule has 0 amide bonds. The summed E-state index contributed by atoms with van der Waals surface area (Å²) in [4.78, 5) is 0. The maximum absolute atomic E-state index is 11.6. The van der Waals surface area contributed by atoms with Crippen molar-refractivity contribution in [3.8, 4) is 22.3 Å². The van der Waals surface area contributed by atoms with Gasteiger partial charge in [0.1, 0.15) is 5.60 Å². The Balaban J connectivity index is 1.38. The van der Waals surface area contributed by atoms with Gasteiger partial charge >= 0.3 is 0 Å². The van der Waals surface area contributed by atoms with Gasteiger partial charge in [-0.15, -0.1) is 0 Å². The van der Waals surface area contributed by atoms with Gasteiger partial charge in [0, 0.05) is 0 Å². The van der Waals surface area contributed by atoms with E-state index >= 15 is 0 Å². The van der Waals surface area contributed by atoms with Crippen molar-refractivity contribution in [1.82, 2.24) is 0 Å². The Morgan fingerprint density at radius 1 is 0.488 bits per heavy atom. The summed E-state index contributed by atoms with van der Waals surface area (Å²) in [5.41, 5.74) is 14.0. The van der Waals surface area contributed by atoms with Crippen LogP contribution in [0.1, 0.15) is 28.3 Å². The highest BCUT2D eigenvalue weighted by Gasteiger charge is 2.38. The lowest BCUT2D eigenvalue weighted by Crippen LogP contribution is -2.38. The summed E-state index contributed by atoms with van der Waals surface area (Å²) in [5, 5.41) is 11.6. The van der Waals surface area contributed by atoms with Crippen molar-refractivity contribution in [2.75, 3.05) is 6.61 Å². The van der Waals surface area contributed by atoms with Gasteiger partial charge in [-0.25, -0.2) is 0 Å². The van der Waals surface area contributed by atoms with Gasteiger partial charge in [-0.1, -0.05) is 152 Å². The molecule has 6 aromatic carbocycles. The summed E-state index contributed by atoms with van der Waals surface area (Å²) in [7, 11) is 0. The molecule has 212 valence electrons. The number of aliphatic hydroxyl groups excluding tert-OH is 1. The minimum absolute atomic E-state index is 0.0239. The minimum Gasteiger partial charge on any atom is -0.389 e. The molecule has 0 fully saturated rings. The maximum atomic E-state index is 11.6. The van der Waals surface area contributed by atoms with E-state index in [2.05, 4.69) is 78.9 Å². The molecule has 6 aromatic rings. The van der Waals surface area contributed by atoms with E-state index in [1.807, 2.05) is 91.0 Å². The molecule has 3 nitrogen and oxygen atoms in total. The first-order valence-corrected chi connectivity index (χ1v) is 14.7. The fraction of sp³-hybridized carbons (Fsp3) is 0.100. The molecule has 0 bridgehead atoms. The quantitative estimate of drug-likeness (QED) is 0.165. The first kappa shape index (κ1) is 28.3. The predicted molar refractivity (Wildman–Crippen MR) is 175 cm³/mol. The molecule has 0 saturated heterocycles. The normalized spacial score (nSPS) is 12.9. The molecule has 0 aliphatic heterocycles. The van der Waals surface area contributed by atoms with Crippen molar-refractivity contribution in [1.29, 1.82) is 0 Å². The maximum Gasteiger partial charge on any atom is 0.143 e. The average molecular weight is 562 g/mol. The molecule has 3 heteroatoms. The van der Waals surface area contributed by atoms with Crippen molar-refractivity contribution in [2.24, 2.45) is 5.73 Å². The molecule has 0 aliphatic carbocycles. The summed E-state index contributed by atoms with van der Waals surface area (Å²) in [6.45, 7) is 0.0239. The standard InChI is InChI=1S/C40H35NO2/c41-39(34-27-32(30-16-6-1-7-17-30)26-33(28-34)31-18-8-2-9-19-31)38(42)29-43-40(35-20-10-3-11-21-35,36-22-12-4-13-23-36)37-24-14-5-15-25-37/h1-28,38-39,42H,29,41H2/t38-,39+/m0/s1. The first-order chi connectivity index (χ1) is 21.1. The molecular formula is C40H35NO2. The number of aliphatic hydroxyl groups is 1. The van der Waals surface area contributed by atoms with E-state index in [0.29, 0.717) is 0 Å². The molecule has 3 N–H and O–H groups in total. The molecule has 2 atom stereocenters. The predicted octanol–water partition coefficient (Wildman–Crippen LogP) is 8.39. The number of ether oxygens (including phenoxy) is 1. The van der Waals surface area contributed by atoms with Crippen LogP contribution in [0.2, 0.25) is 0 Å². The third-order valence-corrected chi connectivity index (χ3v) is 7.98. The van der Waals surface area contributed by atoms with E-state index in [1.54, 1.807) is 0 Å². The molecule has 0 unspecified atom stereocenters. The summed E-state index contributed by atoms with van der Waals surface area (Å²) >= 11 is 0. The van der Waals surface area contributed by atoms with Crippen LogP contribution in [-0.4, -0.2) is 17.8 Å². The monoisotopic (exact) mass is 561 g/mol. The van der Waals surface area contributed by atoms with Crippen molar-refractivity contribution in [2.45, 2.75) is 17.7 Å². The molecule has 43 heavy (non-hydrogen) atoms. The molecule has 0 heterocycles. The van der Waals surface area contributed by atoms with Crippen LogP contribution in [-0.2, 0) is 10.3 Å². The second-order valence-corrected chi connectivity index (χ2v) is 10.8. The Labute approximate surface area is 253 Å². The van der Waals surface area contributed by atoms with E-state index in [9.17, 15) is 5.11 Å². The van der Waals surface area contributed by atoms with E-state index < -0.39 is 17.7 Å². The lowest BCUT2D eigenvalue weighted by Gasteiger charge is -2.37. The molecule has 6 rings (SSSR count). The SMILES string of the molecule is N[C@H](c1cc(-c2ccccc2)cc(-c2ccccc2)c1)[C@@H](O)COC(c1ccccc1)(c1ccccc1)c1ccccc1. The molecule has 0 aromatic heterocycles. The number of benzene rings is 6. The summed E-state index contributed by atoms with van der Waals surface area (Å²) < 4.78 is 6.89. The van der Waals surface area contributed by atoms with E-state index in [-0.39, 0.29) is 6.61 Å². The Hall–Kier alpha value is -4.80. The highest BCUT2D eigenvalue weighted by molar-refractivity contribution is 5.74. The fourth-order valence-corrected chi connectivity index (χ4v) is 5.74. The van der Waals surface area contributed by atoms with Crippen LogP contribution in [0.4, 0.5) is 0 Å². The van der Waals surface area contributed by atoms with Crippen LogP contribution in [0.3, 0.4) is 0 Å². The average Bonchev–Trinajstić information content (AvgIpc) is 3.10. The zero-order valence-electron chi connectivity index (χ0n) is 24.0. The fourth-order valence-electron chi connectivity index (χ4n) is 5.74. The highest BCUT2D eigenvalue weighted by atomic mass is 16.5. The second kappa shape index (κ2) is 13.0. The second-order valence-electron chi connectivity index (χ2n) is 10.8. The Bertz CT molecular complexity index is 1570. The van der Waals surface area contributed by atoms with Gasteiger partial charge in [0.2, 0.25) is 0 Å². The van der Waals surface area contributed by atoms with Crippen LogP contribution >= 0.6 is 0 Å². The number of nitrogens with two attached hydrogens (primary N) is 1. The summed E-state index contributed by atoms with van der Waals surface area (Å²) in [6.07, 6.45) is -0.967. The first-order valence-electron chi connectivity index (χ1n) is 14.7. The molecule has 0 aliphatic rings. The van der Waals surface area contributed by atoms with E-state index in [0.717, 1.165) is 44.5 Å². The highest BCUT2D eigenvalue weighted by Crippen LogP contribution is 2.41. The van der Waals surface area contributed by atoms with Crippen molar-refractivity contribution in [3.05, 3.63) is 192 Å². The van der Waals surface area contributed by atoms with Gasteiger partial charge in [-0.05, 0) is 62.7 Å². The lowest BCUT2D eigenvalue weighted by molar-refractivity contribution is -0.0452. The van der Waals surface area contributed by atoms with Crippen LogP contribution < -0.4 is 5.73 Å². The van der Waals surface area contributed by atoms with Crippen LogP contribution in [0.25, 0.3) is 22.3 Å². The summed E-state index contributed by atoms with van der Waals surface area (Å²) in [5.74, 6) is 0. The molecule has 0 radical (unpaired) electrons. The lowest BCUT2D eigenvalue weighted by atomic mass is 9.80. The molecule has 0 spiro atoms. The Morgan fingerprint density at radius 3 is 1.21 bits per heavy atom. The third kappa shape index (κ3) is 6.06. The van der Waals surface area contributed by atoms with Crippen LogP contribution in [0.15, 0.2) is 170 Å². The van der Waals surface area contributed by atoms with E-state index in [1.165, 1.54) is 0 Å². The van der Waals surface area contributed by atoms with E-state index in [4.69, 9.17) is 10.5 Å². The van der Waals surface area contributed by atoms with Gasteiger partial charge in [0.15, 0.2) is 0 Å². The van der Waals surface area contributed by atoms with Gasteiger partial charge < -0.3 is 15.6 Å². The van der Waals surface area contributed by atoms with Gasteiger partial charge in [0.05, 0.1) is 18.8 Å². The Morgan fingerprint density at radius 2 is 0.837 bits per heavy atom.